The second kappa shape index (κ2) is 5.45. The first-order chi connectivity index (χ1) is 7.65. The van der Waals surface area contributed by atoms with Gasteiger partial charge < -0.3 is 10.4 Å². The van der Waals surface area contributed by atoms with Crippen molar-refractivity contribution in [1.29, 1.82) is 0 Å². The summed E-state index contributed by atoms with van der Waals surface area (Å²) in [5, 5.41) is 11.1. The third-order valence-electron chi connectivity index (χ3n) is 2.29. The minimum atomic E-state index is -0.994. The Morgan fingerprint density at radius 2 is 2.29 bits per heavy atom. The zero-order chi connectivity index (χ0) is 11.5. The maximum atomic E-state index is 11.1. The highest BCUT2D eigenvalue weighted by molar-refractivity contribution is 5.93. The quantitative estimate of drug-likeness (QED) is 0.790. The highest BCUT2D eigenvalue weighted by Gasteiger charge is 2.15. The van der Waals surface area contributed by atoms with Gasteiger partial charge in [0, 0.05) is 20.1 Å². The summed E-state index contributed by atoms with van der Waals surface area (Å²) in [6.45, 7) is 0. The minimum Gasteiger partial charge on any atom is -0.478 e. The number of carbonyl (C=O) groups excluding carboxylic acids is 1. The Balaban J connectivity index is 0.00000144. The normalized spacial score (nSPS) is 13.8. The van der Waals surface area contributed by atoms with E-state index in [0.717, 1.165) is 17.2 Å². The molecule has 1 aromatic heterocycles. The van der Waals surface area contributed by atoms with E-state index in [9.17, 15) is 9.59 Å². The largest absolute Gasteiger partial charge is 0.478 e. The molecule has 5 nitrogen and oxygen atoms in total. The van der Waals surface area contributed by atoms with Crippen molar-refractivity contribution in [2.24, 2.45) is 0 Å². The molecule has 0 fully saturated rings. The van der Waals surface area contributed by atoms with Crippen LogP contribution in [0.2, 0.25) is 0 Å². The molecular formula is C11H13ClN2O3. The highest BCUT2D eigenvalue weighted by atomic mass is 35.5. The highest BCUT2D eigenvalue weighted by Crippen LogP contribution is 2.21. The van der Waals surface area contributed by atoms with Gasteiger partial charge in [-0.3, -0.25) is 4.79 Å². The third kappa shape index (κ3) is 3.29. The number of halogens is 1. The molecule has 0 atom stereocenters. The van der Waals surface area contributed by atoms with E-state index in [1.165, 1.54) is 12.3 Å². The molecule has 0 spiro atoms. The Morgan fingerprint density at radius 1 is 1.53 bits per heavy atom. The van der Waals surface area contributed by atoms with Crippen molar-refractivity contribution in [1.82, 2.24) is 4.98 Å². The second-order valence-corrected chi connectivity index (χ2v) is 3.50. The van der Waals surface area contributed by atoms with Crippen molar-refractivity contribution in [3.05, 3.63) is 29.5 Å². The molecule has 2 heterocycles. The van der Waals surface area contributed by atoms with Crippen LogP contribution >= 0.6 is 12.4 Å². The number of anilines is 1. The van der Waals surface area contributed by atoms with Gasteiger partial charge >= 0.3 is 5.97 Å². The minimum absolute atomic E-state index is 0. The van der Waals surface area contributed by atoms with Crippen molar-refractivity contribution in [3.63, 3.8) is 0 Å². The molecule has 0 radical (unpaired) electrons. The van der Waals surface area contributed by atoms with Crippen LogP contribution in [0.15, 0.2) is 18.3 Å². The number of aromatic nitrogens is 1. The van der Waals surface area contributed by atoms with Gasteiger partial charge in [-0.15, -0.1) is 12.4 Å². The van der Waals surface area contributed by atoms with Crippen molar-refractivity contribution < 1.29 is 16.1 Å². The summed E-state index contributed by atoms with van der Waals surface area (Å²) in [5.74, 6) is -0.455. The van der Waals surface area contributed by atoms with Gasteiger partial charge in [0.25, 0.3) is 0 Å². The summed E-state index contributed by atoms with van der Waals surface area (Å²) >= 11 is 0. The van der Waals surface area contributed by atoms with Crippen LogP contribution in [-0.4, -0.2) is 22.0 Å². The van der Waals surface area contributed by atoms with Gasteiger partial charge in [0.1, 0.15) is 5.82 Å². The number of carboxylic acid groups (broad SMARTS) is 1. The molecule has 1 aliphatic heterocycles. The first-order valence-corrected chi connectivity index (χ1v) is 4.85. The molecule has 0 aliphatic carbocycles. The topological polar surface area (TPSA) is 79.3 Å². The number of nitrogens with one attached hydrogen (secondary N) is 1. The predicted molar refractivity (Wildman–Crippen MR) is 67.2 cm³/mol. The summed E-state index contributed by atoms with van der Waals surface area (Å²) in [6, 6.07) is 1.83. The van der Waals surface area contributed by atoms with Crippen LogP contribution in [0.3, 0.4) is 0 Å². The van der Waals surface area contributed by atoms with E-state index in [1.807, 2.05) is 6.07 Å². The Hall–Kier alpha value is -1.88. The van der Waals surface area contributed by atoms with Gasteiger partial charge in [-0.25, -0.2) is 9.78 Å². The lowest BCUT2D eigenvalue weighted by atomic mass is 10.0. The van der Waals surface area contributed by atoms with Gasteiger partial charge in [0.15, 0.2) is 0 Å². The summed E-state index contributed by atoms with van der Waals surface area (Å²) in [5.41, 5.74) is 1.66. The summed E-state index contributed by atoms with van der Waals surface area (Å²) in [7, 11) is 0. The number of hydrogen-bond acceptors (Lipinski definition) is 3. The fourth-order valence-corrected chi connectivity index (χ4v) is 1.53. The lowest BCUT2D eigenvalue weighted by molar-refractivity contribution is -0.131. The van der Waals surface area contributed by atoms with E-state index in [1.54, 1.807) is 0 Å². The Bertz CT molecular complexity index is 491. The molecule has 1 aromatic rings. The van der Waals surface area contributed by atoms with Crippen molar-refractivity contribution >= 4 is 36.2 Å². The number of carbonyl (C=O) groups is 2. The van der Waals surface area contributed by atoms with Crippen LogP contribution in [0.25, 0.3) is 6.08 Å². The fourth-order valence-electron chi connectivity index (χ4n) is 1.53. The number of fused-ring (bicyclic) bond motifs is 1. The molecular weight excluding hydrogens is 244 g/mol. The van der Waals surface area contributed by atoms with E-state index < -0.39 is 5.97 Å². The van der Waals surface area contributed by atoms with E-state index in [-0.39, 0.29) is 19.7 Å². The third-order valence-corrected chi connectivity index (χ3v) is 2.29. The smallest absolute Gasteiger partial charge is 0.328 e. The number of aryl methyl sites for hydroxylation is 1. The zero-order valence-electron chi connectivity index (χ0n) is 8.84. The van der Waals surface area contributed by atoms with Gasteiger partial charge in [0.05, 0.1) is 0 Å². The average Bonchev–Trinajstić information content (AvgIpc) is 2.26. The lowest BCUT2D eigenvalue weighted by Crippen LogP contribution is -2.20. The molecule has 0 saturated heterocycles. The number of pyridine rings is 1. The van der Waals surface area contributed by atoms with E-state index >= 15 is 0 Å². The number of aliphatic carboxylic acids is 1. The molecule has 0 saturated carbocycles. The predicted octanol–water partition coefficient (Wildman–Crippen LogP) is 1.73. The van der Waals surface area contributed by atoms with Crippen LogP contribution in [0.5, 0.6) is 0 Å². The van der Waals surface area contributed by atoms with Gasteiger partial charge in [0.2, 0.25) is 5.91 Å². The SMILES string of the molecule is Cl.O=C(O)/C=C/c1cnc2c(c1)CCC(=O)N2.[HH]. The van der Waals surface area contributed by atoms with E-state index in [4.69, 9.17) is 5.11 Å². The molecule has 0 aromatic carbocycles. The van der Waals surface area contributed by atoms with Crippen molar-refractivity contribution in [2.45, 2.75) is 12.8 Å². The van der Waals surface area contributed by atoms with Crippen LogP contribution in [0, 0.1) is 0 Å². The van der Waals surface area contributed by atoms with Crippen LogP contribution in [0.4, 0.5) is 5.82 Å². The Labute approximate surface area is 105 Å². The Kier molecular flexibility index (Phi) is 4.23. The van der Waals surface area contributed by atoms with Crippen LogP contribution < -0.4 is 5.32 Å². The molecule has 0 unspecified atom stereocenters. The molecule has 2 rings (SSSR count). The van der Waals surface area contributed by atoms with Gasteiger partial charge in [-0.1, -0.05) is 0 Å². The van der Waals surface area contributed by atoms with E-state index in [2.05, 4.69) is 10.3 Å². The van der Waals surface area contributed by atoms with Gasteiger partial charge in [-0.05, 0) is 29.7 Å². The monoisotopic (exact) mass is 256 g/mol. The zero-order valence-corrected chi connectivity index (χ0v) is 9.66. The number of hydrogen-bond donors (Lipinski definition) is 2. The van der Waals surface area contributed by atoms with Gasteiger partial charge in [-0.2, -0.15) is 0 Å². The van der Waals surface area contributed by atoms with Crippen LogP contribution in [0.1, 0.15) is 19.0 Å². The number of carboxylic acids is 1. The van der Waals surface area contributed by atoms with Crippen LogP contribution in [-0.2, 0) is 16.0 Å². The summed E-state index contributed by atoms with van der Waals surface area (Å²) in [4.78, 5) is 25.5. The van der Waals surface area contributed by atoms with Crippen molar-refractivity contribution in [2.75, 3.05) is 5.32 Å². The molecule has 1 aliphatic rings. The second-order valence-electron chi connectivity index (χ2n) is 3.50. The number of nitrogens with zero attached hydrogens (tertiary/aromatic N) is 1. The molecule has 0 bridgehead atoms. The average molecular weight is 257 g/mol. The molecule has 6 heteroatoms. The molecule has 1 amide bonds. The van der Waals surface area contributed by atoms with E-state index in [0.29, 0.717) is 18.7 Å². The summed E-state index contributed by atoms with van der Waals surface area (Å²) < 4.78 is 0. The maximum Gasteiger partial charge on any atom is 0.328 e. The molecule has 2 N–H and O–H groups in total. The molecule has 92 valence electrons. The number of rotatable bonds is 2. The molecule has 17 heavy (non-hydrogen) atoms. The first kappa shape index (κ1) is 13.2. The fraction of sp³-hybridized carbons (Fsp3) is 0.182. The maximum absolute atomic E-state index is 11.1. The van der Waals surface area contributed by atoms with Crippen molar-refractivity contribution in [3.8, 4) is 0 Å². The standard InChI is InChI=1S/C11H10N2O3.ClH.H2/c14-9-3-2-8-5-7(1-4-10(15)16)6-12-11(8)13-9;;/h1,4-6H,2-3H2,(H,15,16)(H,12,13,14);2*1H/b4-1+;;. The first-order valence-electron chi connectivity index (χ1n) is 4.85. The number of amides is 1. The summed E-state index contributed by atoms with van der Waals surface area (Å²) in [6.07, 6.45) is 5.16. The lowest BCUT2D eigenvalue weighted by Gasteiger charge is -2.15. The Morgan fingerprint density at radius 3 is 3.00 bits per heavy atom.